The molecule has 0 aliphatic heterocycles. The van der Waals surface area contributed by atoms with Crippen LogP contribution in [0.15, 0.2) is 12.3 Å². The molecule has 2 atom stereocenters. The highest BCUT2D eigenvalue weighted by Gasteiger charge is 2.31. The van der Waals surface area contributed by atoms with Crippen molar-refractivity contribution in [3.8, 4) is 0 Å². The first kappa shape index (κ1) is 14.5. The third-order valence-corrected chi connectivity index (χ3v) is 4.64. The summed E-state index contributed by atoms with van der Waals surface area (Å²) in [5, 5.41) is 14.9. The number of hydrogen-bond donors (Lipinski definition) is 1. The normalized spacial score (nSPS) is 21.5. The molecule has 1 aliphatic rings. The minimum atomic E-state index is -0.519. The van der Waals surface area contributed by atoms with Gasteiger partial charge < -0.3 is 9.84 Å². The molecule has 1 aliphatic carbocycles. The fourth-order valence-electron chi connectivity index (χ4n) is 2.79. The monoisotopic (exact) mass is 266 g/mol. The van der Waals surface area contributed by atoms with Crippen molar-refractivity contribution in [3.63, 3.8) is 0 Å². The van der Waals surface area contributed by atoms with E-state index < -0.39 is 11.7 Å². The van der Waals surface area contributed by atoms with Crippen molar-refractivity contribution in [2.45, 2.75) is 70.1 Å². The molecular weight excluding hydrogens is 240 g/mol. The molecule has 0 amide bonds. The van der Waals surface area contributed by atoms with Crippen LogP contribution in [0, 0.1) is 0 Å². The molecule has 4 heteroatoms. The van der Waals surface area contributed by atoms with Crippen LogP contribution in [0.2, 0.25) is 0 Å². The number of ether oxygens (including phenoxy) is 1. The molecule has 1 N–H and O–H groups in total. The number of hydrogen-bond acceptors (Lipinski definition) is 3. The summed E-state index contributed by atoms with van der Waals surface area (Å²) < 4.78 is 7.52. The van der Waals surface area contributed by atoms with Crippen molar-refractivity contribution < 1.29 is 9.84 Å². The molecule has 1 fully saturated rings. The topological polar surface area (TPSA) is 47.3 Å². The van der Waals surface area contributed by atoms with Gasteiger partial charge in [0, 0.05) is 19.7 Å². The summed E-state index contributed by atoms with van der Waals surface area (Å²) >= 11 is 0. The summed E-state index contributed by atoms with van der Waals surface area (Å²) in [6.07, 6.45) is 7.94. The smallest absolute Gasteiger partial charge is 0.0909 e. The zero-order chi connectivity index (χ0) is 13.9. The second-order valence-electron chi connectivity index (χ2n) is 5.82. The van der Waals surface area contributed by atoms with Gasteiger partial charge in [-0.15, -0.1) is 0 Å². The lowest BCUT2D eigenvalue weighted by Gasteiger charge is -2.31. The van der Waals surface area contributed by atoms with E-state index in [1.165, 1.54) is 25.7 Å². The molecule has 19 heavy (non-hydrogen) atoms. The first-order valence-electron chi connectivity index (χ1n) is 7.36. The van der Waals surface area contributed by atoms with E-state index in [9.17, 15) is 5.11 Å². The standard InChI is InChI=1S/C15H26N2O2/c1-4-15(2,19-3)14(18)11-12-9-10-17(16-12)13-7-5-6-8-13/h9-10,13-14,18H,4-8,11H2,1-3H3. The Labute approximate surface area is 115 Å². The fourth-order valence-corrected chi connectivity index (χ4v) is 2.79. The molecule has 2 rings (SSSR count). The lowest BCUT2D eigenvalue weighted by atomic mass is 9.92. The highest BCUT2D eigenvalue weighted by molar-refractivity contribution is 5.04. The number of rotatable bonds is 6. The van der Waals surface area contributed by atoms with Crippen LogP contribution >= 0.6 is 0 Å². The average Bonchev–Trinajstić information content (AvgIpc) is 3.07. The first-order valence-corrected chi connectivity index (χ1v) is 7.36. The average molecular weight is 266 g/mol. The minimum Gasteiger partial charge on any atom is -0.390 e. The highest BCUT2D eigenvalue weighted by Crippen LogP contribution is 2.29. The molecule has 1 saturated carbocycles. The van der Waals surface area contributed by atoms with Crippen molar-refractivity contribution in [2.75, 3.05) is 7.11 Å². The van der Waals surface area contributed by atoms with Gasteiger partial charge in [0.15, 0.2) is 0 Å². The third-order valence-electron chi connectivity index (χ3n) is 4.64. The van der Waals surface area contributed by atoms with Gasteiger partial charge in [-0.1, -0.05) is 19.8 Å². The van der Waals surface area contributed by atoms with Gasteiger partial charge in [0.25, 0.3) is 0 Å². The van der Waals surface area contributed by atoms with Gasteiger partial charge >= 0.3 is 0 Å². The van der Waals surface area contributed by atoms with E-state index in [1.807, 2.05) is 26.1 Å². The van der Waals surface area contributed by atoms with Gasteiger partial charge in [0.05, 0.1) is 23.4 Å². The van der Waals surface area contributed by atoms with Crippen LogP contribution in [0.4, 0.5) is 0 Å². The number of aromatic nitrogens is 2. The second-order valence-corrected chi connectivity index (χ2v) is 5.82. The fraction of sp³-hybridized carbons (Fsp3) is 0.800. The van der Waals surface area contributed by atoms with Crippen LogP contribution in [-0.4, -0.2) is 33.7 Å². The van der Waals surface area contributed by atoms with E-state index in [2.05, 4.69) is 9.78 Å². The number of aliphatic hydroxyl groups is 1. The Hall–Kier alpha value is -0.870. The predicted molar refractivity (Wildman–Crippen MR) is 75.1 cm³/mol. The molecule has 108 valence electrons. The Kier molecular flexibility index (Phi) is 4.63. The Morgan fingerprint density at radius 3 is 2.79 bits per heavy atom. The highest BCUT2D eigenvalue weighted by atomic mass is 16.5. The van der Waals surface area contributed by atoms with E-state index in [-0.39, 0.29) is 0 Å². The Balaban J connectivity index is 1.99. The van der Waals surface area contributed by atoms with E-state index >= 15 is 0 Å². The largest absolute Gasteiger partial charge is 0.390 e. The molecule has 0 aromatic carbocycles. The van der Waals surface area contributed by atoms with Crippen molar-refractivity contribution in [1.82, 2.24) is 9.78 Å². The molecule has 1 heterocycles. The molecule has 1 aromatic heterocycles. The van der Waals surface area contributed by atoms with Crippen LogP contribution in [-0.2, 0) is 11.2 Å². The molecule has 0 saturated heterocycles. The van der Waals surface area contributed by atoms with Gasteiger partial charge in [-0.05, 0) is 32.3 Å². The minimum absolute atomic E-state index is 0.489. The molecular formula is C15H26N2O2. The maximum atomic E-state index is 10.3. The van der Waals surface area contributed by atoms with Crippen LogP contribution in [0.25, 0.3) is 0 Å². The van der Waals surface area contributed by atoms with Crippen molar-refractivity contribution in [1.29, 1.82) is 0 Å². The third kappa shape index (κ3) is 3.18. The van der Waals surface area contributed by atoms with Crippen LogP contribution in [0.3, 0.4) is 0 Å². The SMILES string of the molecule is CCC(C)(OC)C(O)Cc1ccn(C2CCCC2)n1. The molecule has 4 nitrogen and oxygen atoms in total. The Morgan fingerprint density at radius 1 is 1.53 bits per heavy atom. The van der Waals surface area contributed by atoms with Crippen LogP contribution in [0.5, 0.6) is 0 Å². The number of aliphatic hydroxyl groups excluding tert-OH is 1. The molecule has 1 aromatic rings. The lowest BCUT2D eigenvalue weighted by molar-refractivity contribution is -0.0917. The first-order chi connectivity index (χ1) is 9.09. The van der Waals surface area contributed by atoms with Crippen molar-refractivity contribution in [2.24, 2.45) is 0 Å². The Morgan fingerprint density at radius 2 is 2.21 bits per heavy atom. The van der Waals surface area contributed by atoms with E-state index in [4.69, 9.17) is 4.74 Å². The predicted octanol–water partition coefficient (Wildman–Crippen LogP) is 2.72. The molecule has 2 unspecified atom stereocenters. The summed E-state index contributed by atoms with van der Waals surface area (Å²) in [7, 11) is 1.66. The quantitative estimate of drug-likeness (QED) is 0.861. The second kappa shape index (κ2) is 6.06. The zero-order valence-corrected chi connectivity index (χ0v) is 12.3. The maximum absolute atomic E-state index is 10.3. The number of nitrogens with zero attached hydrogens (tertiary/aromatic N) is 2. The van der Waals surface area contributed by atoms with Crippen LogP contribution < -0.4 is 0 Å². The van der Waals surface area contributed by atoms with Crippen LogP contribution in [0.1, 0.15) is 57.7 Å². The summed E-state index contributed by atoms with van der Waals surface area (Å²) in [5.74, 6) is 0. The van der Waals surface area contributed by atoms with Gasteiger partial charge in [0.2, 0.25) is 0 Å². The van der Waals surface area contributed by atoms with E-state index in [1.54, 1.807) is 7.11 Å². The van der Waals surface area contributed by atoms with Crippen molar-refractivity contribution >= 4 is 0 Å². The van der Waals surface area contributed by atoms with Gasteiger partial charge in [-0.25, -0.2) is 0 Å². The summed E-state index contributed by atoms with van der Waals surface area (Å²) in [6, 6.07) is 2.58. The van der Waals surface area contributed by atoms with E-state index in [0.717, 1.165) is 12.1 Å². The number of methoxy groups -OCH3 is 1. The van der Waals surface area contributed by atoms with Gasteiger partial charge in [0.1, 0.15) is 0 Å². The lowest BCUT2D eigenvalue weighted by Crippen LogP contribution is -2.42. The summed E-state index contributed by atoms with van der Waals surface area (Å²) in [6.45, 7) is 3.98. The zero-order valence-electron chi connectivity index (χ0n) is 12.3. The summed E-state index contributed by atoms with van der Waals surface area (Å²) in [4.78, 5) is 0. The van der Waals surface area contributed by atoms with Crippen molar-refractivity contribution in [3.05, 3.63) is 18.0 Å². The molecule has 0 radical (unpaired) electrons. The van der Waals surface area contributed by atoms with Gasteiger partial charge in [-0.2, -0.15) is 5.10 Å². The summed E-state index contributed by atoms with van der Waals surface area (Å²) in [5.41, 5.74) is 0.466. The Bertz CT molecular complexity index is 393. The van der Waals surface area contributed by atoms with Gasteiger partial charge in [-0.3, -0.25) is 4.68 Å². The van der Waals surface area contributed by atoms with E-state index in [0.29, 0.717) is 12.5 Å². The molecule has 0 bridgehead atoms. The molecule has 0 spiro atoms. The maximum Gasteiger partial charge on any atom is 0.0909 e.